The van der Waals surface area contributed by atoms with Crippen LogP contribution in [0.4, 0.5) is 0 Å². The zero-order valence-electron chi connectivity index (χ0n) is 10.8. The van der Waals surface area contributed by atoms with Crippen LogP contribution < -0.4 is 5.32 Å². The summed E-state index contributed by atoms with van der Waals surface area (Å²) in [4.78, 5) is 0. The van der Waals surface area contributed by atoms with Crippen LogP contribution in [0.25, 0.3) is 0 Å². The van der Waals surface area contributed by atoms with E-state index in [-0.39, 0.29) is 13.2 Å². The third-order valence-corrected chi connectivity index (χ3v) is 2.85. The molecular weight excluding hydrogens is 242 g/mol. The lowest BCUT2D eigenvalue weighted by Crippen LogP contribution is -2.12. The van der Waals surface area contributed by atoms with Crippen molar-refractivity contribution in [3.63, 3.8) is 0 Å². The molecule has 0 aliphatic heterocycles. The first-order valence-corrected chi connectivity index (χ1v) is 6.33. The van der Waals surface area contributed by atoms with Crippen LogP contribution in [0.2, 0.25) is 0 Å². The van der Waals surface area contributed by atoms with Crippen molar-refractivity contribution >= 4 is 0 Å². The molecule has 0 spiro atoms. The number of hydrogen-bond acceptors (Lipinski definition) is 4. The molecule has 0 saturated carbocycles. The summed E-state index contributed by atoms with van der Waals surface area (Å²) in [6.07, 6.45) is 3.72. The molecule has 2 rings (SSSR count). The third kappa shape index (κ3) is 4.17. The van der Waals surface area contributed by atoms with Crippen LogP contribution in [0.1, 0.15) is 16.7 Å². The van der Waals surface area contributed by atoms with Gasteiger partial charge in [0.1, 0.15) is 0 Å². The molecule has 0 aliphatic carbocycles. The second kappa shape index (κ2) is 7.04. The maximum atomic E-state index is 9.07. The molecule has 0 atom stereocenters. The molecule has 19 heavy (non-hydrogen) atoms. The fraction of sp³-hybridized carbons (Fsp3) is 0.357. The Morgan fingerprint density at radius 1 is 1.11 bits per heavy atom. The average molecular weight is 261 g/mol. The minimum absolute atomic E-state index is 0.0712. The van der Waals surface area contributed by atoms with Crippen molar-refractivity contribution in [3.8, 4) is 0 Å². The zero-order chi connectivity index (χ0) is 13.5. The number of nitrogens with zero attached hydrogens (tertiary/aromatic N) is 2. The van der Waals surface area contributed by atoms with E-state index in [0.717, 1.165) is 29.8 Å². The van der Waals surface area contributed by atoms with E-state index in [1.54, 1.807) is 10.9 Å². The highest BCUT2D eigenvalue weighted by atomic mass is 16.3. The number of rotatable bonds is 7. The van der Waals surface area contributed by atoms with Crippen molar-refractivity contribution in [2.75, 3.05) is 6.61 Å². The van der Waals surface area contributed by atoms with Gasteiger partial charge in [-0.05, 0) is 11.1 Å². The molecule has 1 heterocycles. The lowest BCUT2D eigenvalue weighted by Gasteiger charge is -2.05. The van der Waals surface area contributed by atoms with E-state index in [0.29, 0.717) is 6.54 Å². The number of benzene rings is 1. The van der Waals surface area contributed by atoms with Gasteiger partial charge in [0.2, 0.25) is 0 Å². The van der Waals surface area contributed by atoms with Crippen molar-refractivity contribution in [1.82, 2.24) is 15.1 Å². The van der Waals surface area contributed by atoms with E-state index in [1.165, 1.54) is 0 Å². The van der Waals surface area contributed by atoms with Gasteiger partial charge in [-0.1, -0.05) is 24.3 Å². The molecule has 3 N–H and O–H groups in total. The fourth-order valence-electron chi connectivity index (χ4n) is 1.91. The molecule has 0 bridgehead atoms. The Labute approximate surface area is 112 Å². The van der Waals surface area contributed by atoms with Gasteiger partial charge in [0.25, 0.3) is 0 Å². The third-order valence-electron chi connectivity index (χ3n) is 2.85. The number of hydrogen-bond donors (Lipinski definition) is 3. The van der Waals surface area contributed by atoms with Gasteiger partial charge in [-0.25, -0.2) is 0 Å². The van der Waals surface area contributed by atoms with E-state index in [4.69, 9.17) is 10.2 Å². The van der Waals surface area contributed by atoms with Crippen LogP contribution in [-0.2, 0) is 26.2 Å². The van der Waals surface area contributed by atoms with E-state index in [2.05, 4.69) is 10.4 Å². The van der Waals surface area contributed by atoms with Crippen LogP contribution >= 0.6 is 0 Å². The lowest BCUT2D eigenvalue weighted by molar-refractivity contribution is 0.269. The summed E-state index contributed by atoms with van der Waals surface area (Å²) < 4.78 is 1.73. The molecular formula is C14H19N3O2. The predicted octanol–water partition coefficient (Wildman–Crippen LogP) is 0.657. The molecule has 1 aromatic heterocycles. The average Bonchev–Trinajstić information content (AvgIpc) is 2.87. The van der Waals surface area contributed by atoms with Gasteiger partial charge in [-0.2, -0.15) is 5.10 Å². The van der Waals surface area contributed by atoms with E-state index in [9.17, 15) is 0 Å². The van der Waals surface area contributed by atoms with Gasteiger partial charge in [-0.3, -0.25) is 4.68 Å². The Balaban J connectivity index is 1.81. The molecule has 0 fully saturated rings. The van der Waals surface area contributed by atoms with Crippen LogP contribution in [0, 0.1) is 0 Å². The molecule has 5 heteroatoms. The lowest BCUT2D eigenvalue weighted by atomic mass is 10.1. The second-order valence-electron chi connectivity index (χ2n) is 4.42. The second-order valence-corrected chi connectivity index (χ2v) is 4.42. The Morgan fingerprint density at radius 2 is 1.89 bits per heavy atom. The number of aliphatic hydroxyl groups is 2. The summed E-state index contributed by atoms with van der Waals surface area (Å²) in [5.41, 5.74) is 3.16. The zero-order valence-corrected chi connectivity index (χ0v) is 10.8. The minimum Gasteiger partial charge on any atom is -0.394 e. The highest BCUT2D eigenvalue weighted by molar-refractivity contribution is 5.22. The van der Waals surface area contributed by atoms with Gasteiger partial charge < -0.3 is 15.5 Å². The number of aromatic nitrogens is 2. The van der Waals surface area contributed by atoms with Crippen LogP contribution in [0.15, 0.2) is 36.7 Å². The summed E-state index contributed by atoms with van der Waals surface area (Å²) in [6.45, 7) is 2.18. The molecule has 102 valence electrons. The summed E-state index contributed by atoms with van der Waals surface area (Å²) >= 11 is 0. The fourth-order valence-corrected chi connectivity index (χ4v) is 1.91. The van der Waals surface area contributed by atoms with Crippen LogP contribution in [0.3, 0.4) is 0 Å². The number of nitrogens with one attached hydrogen (secondary N) is 1. The maximum Gasteiger partial charge on any atom is 0.0681 e. The molecule has 0 saturated heterocycles. The topological polar surface area (TPSA) is 70.3 Å². The monoisotopic (exact) mass is 261 g/mol. The van der Waals surface area contributed by atoms with Crippen molar-refractivity contribution in [2.24, 2.45) is 0 Å². The van der Waals surface area contributed by atoms with Crippen molar-refractivity contribution in [2.45, 2.75) is 26.2 Å². The normalized spacial score (nSPS) is 10.8. The SMILES string of the molecule is OCCn1cc(CNCc2cccc(CO)c2)cn1. The standard InChI is InChI=1S/C14H19N3O2/c18-5-4-17-10-14(9-16-17)8-15-7-12-2-1-3-13(6-12)11-19/h1-3,6,9-10,15,18-19H,4-5,7-8,11H2. The quantitative estimate of drug-likeness (QED) is 0.684. The maximum absolute atomic E-state index is 9.07. The van der Waals surface area contributed by atoms with Crippen molar-refractivity contribution < 1.29 is 10.2 Å². The summed E-state index contributed by atoms with van der Waals surface area (Å²) in [5.74, 6) is 0. The van der Waals surface area contributed by atoms with Crippen molar-refractivity contribution in [3.05, 3.63) is 53.3 Å². The first-order chi connectivity index (χ1) is 9.31. The molecule has 0 aliphatic rings. The van der Waals surface area contributed by atoms with Crippen LogP contribution in [0.5, 0.6) is 0 Å². The summed E-state index contributed by atoms with van der Waals surface area (Å²) in [5, 5.41) is 25.3. The highest BCUT2D eigenvalue weighted by Crippen LogP contribution is 2.05. The van der Waals surface area contributed by atoms with Crippen LogP contribution in [-0.4, -0.2) is 26.6 Å². The molecule has 0 radical (unpaired) electrons. The predicted molar refractivity (Wildman–Crippen MR) is 72.2 cm³/mol. The summed E-state index contributed by atoms with van der Waals surface area (Å²) in [6, 6.07) is 7.87. The van der Waals surface area contributed by atoms with Gasteiger partial charge in [0.05, 0.1) is 26.0 Å². The van der Waals surface area contributed by atoms with Crippen molar-refractivity contribution in [1.29, 1.82) is 0 Å². The first-order valence-electron chi connectivity index (χ1n) is 6.33. The van der Waals surface area contributed by atoms with Gasteiger partial charge in [-0.15, -0.1) is 0 Å². The van der Waals surface area contributed by atoms with E-state index >= 15 is 0 Å². The Morgan fingerprint density at radius 3 is 2.68 bits per heavy atom. The van der Waals surface area contributed by atoms with Gasteiger partial charge in [0, 0.05) is 24.8 Å². The Kier molecular flexibility index (Phi) is 5.09. The van der Waals surface area contributed by atoms with E-state index in [1.807, 2.05) is 30.5 Å². The Bertz CT molecular complexity index is 511. The molecule has 2 aromatic rings. The smallest absolute Gasteiger partial charge is 0.0681 e. The first kappa shape index (κ1) is 13.7. The summed E-state index contributed by atoms with van der Waals surface area (Å²) in [7, 11) is 0. The Hall–Kier alpha value is -1.69. The molecule has 0 amide bonds. The molecule has 5 nitrogen and oxygen atoms in total. The highest BCUT2D eigenvalue weighted by Gasteiger charge is 1.99. The molecule has 0 unspecified atom stereocenters. The largest absolute Gasteiger partial charge is 0.394 e. The minimum atomic E-state index is 0.0712. The number of aliphatic hydroxyl groups excluding tert-OH is 2. The van der Waals surface area contributed by atoms with Gasteiger partial charge >= 0.3 is 0 Å². The molecule has 1 aromatic carbocycles. The van der Waals surface area contributed by atoms with Gasteiger partial charge in [0.15, 0.2) is 0 Å². The van der Waals surface area contributed by atoms with E-state index < -0.39 is 0 Å².